The number of aromatic nitrogens is 2. The number of benzene rings is 2. The van der Waals surface area contributed by atoms with E-state index in [1.54, 1.807) is 55.5 Å². The summed E-state index contributed by atoms with van der Waals surface area (Å²) in [5.41, 5.74) is 1.82. The zero-order valence-corrected chi connectivity index (χ0v) is 21.5. The molecule has 12 heteroatoms. The van der Waals surface area contributed by atoms with Crippen molar-refractivity contribution in [2.24, 2.45) is 0 Å². The van der Waals surface area contributed by atoms with Gasteiger partial charge in [-0.2, -0.15) is 5.01 Å². The lowest BCUT2D eigenvalue weighted by Gasteiger charge is -2.22. The van der Waals surface area contributed by atoms with Crippen LogP contribution >= 0.6 is 23.4 Å². The Morgan fingerprint density at radius 1 is 1.24 bits per heavy atom. The highest BCUT2D eigenvalue weighted by Gasteiger charge is 2.49. The van der Waals surface area contributed by atoms with E-state index >= 15 is 0 Å². The number of amides is 4. The van der Waals surface area contributed by atoms with Gasteiger partial charge in [-0.05, 0) is 43.5 Å². The van der Waals surface area contributed by atoms with Crippen LogP contribution in [0.15, 0.2) is 58.5 Å². The van der Waals surface area contributed by atoms with Crippen LogP contribution in [0, 0.1) is 0 Å². The van der Waals surface area contributed by atoms with Gasteiger partial charge in [0.05, 0.1) is 29.3 Å². The van der Waals surface area contributed by atoms with Crippen molar-refractivity contribution < 1.29 is 19.1 Å². The molecule has 2 atom stereocenters. The van der Waals surface area contributed by atoms with Crippen LogP contribution in [0.2, 0.25) is 5.02 Å². The topological polar surface area (TPSA) is 123 Å². The normalized spacial score (nSPS) is 21.5. The van der Waals surface area contributed by atoms with Gasteiger partial charge in [0, 0.05) is 11.6 Å². The summed E-state index contributed by atoms with van der Waals surface area (Å²) in [6.45, 7) is 2.52. The summed E-state index contributed by atoms with van der Waals surface area (Å²) in [5, 5.41) is 4.49. The summed E-state index contributed by atoms with van der Waals surface area (Å²) in [6.07, 6.45) is 1.61. The van der Waals surface area contributed by atoms with E-state index in [-0.39, 0.29) is 17.4 Å². The number of ether oxygens (including phenoxy) is 1. The number of hydrogen-bond donors (Lipinski definition) is 2. The van der Waals surface area contributed by atoms with Gasteiger partial charge in [-0.25, -0.2) is 9.78 Å². The molecule has 3 aromatic rings. The van der Waals surface area contributed by atoms with Crippen molar-refractivity contribution >= 4 is 52.1 Å². The lowest BCUT2D eigenvalue weighted by molar-refractivity contribution is -0.138. The molecule has 3 heterocycles. The van der Waals surface area contributed by atoms with Crippen molar-refractivity contribution in [3.63, 3.8) is 0 Å². The SMILES string of the molecule is C[C@@]1(c2ccccc2)NC(=O)N(NC(=O)CSc2nc3cc(Cl)ccc3c(=O)n2C[C@H]2CCCO2)C1=O. The van der Waals surface area contributed by atoms with Gasteiger partial charge in [-0.3, -0.25) is 24.4 Å². The van der Waals surface area contributed by atoms with E-state index in [2.05, 4.69) is 15.7 Å². The lowest BCUT2D eigenvalue weighted by atomic mass is 9.92. The van der Waals surface area contributed by atoms with E-state index in [1.165, 1.54) is 4.57 Å². The number of halogens is 1. The summed E-state index contributed by atoms with van der Waals surface area (Å²) in [4.78, 5) is 56.2. The number of fused-ring (bicyclic) bond motifs is 1. The Hall–Kier alpha value is -3.41. The first-order valence-electron chi connectivity index (χ1n) is 11.7. The Morgan fingerprint density at radius 3 is 2.76 bits per heavy atom. The van der Waals surface area contributed by atoms with Crippen LogP contribution in [0.5, 0.6) is 0 Å². The van der Waals surface area contributed by atoms with Crippen LogP contribution < -0.4 is 16.3 Å². The molecule has 10 nitrogen and oxygen atoms in total. The highest BCUT2D eigenvalue weighted by molar-refractivity contribution is 7.99. The van der Waals surface area contributed by atoms with E-state index in [1.807, 2.05) is 0 Å². The monoisotopic (exact) mass is 541 g/mol. The van der Waals surface area contributed by atoms with Gasteiger partial charge in [0.25, 0.3) is 11.5 Å². The zero-order chi connectivity index (χ0) is 26.2. The van der Waals surface area contributed by atoms with Crippen molar-refractivity contribution in [1.82, 2.24) is 25.3 Å². The predicted molar refractivity (Wildman–Crippen MR) is 138 cm³/mol. The Labute approximate surface area is 221 Å². The molecule has 0 saturated carbocycles. The number of urea groups is 1. The molecule has 4 amide bonds. The minimum atomic E-state index is -1.31. The van der Waals surface area contributed by atoms with Gasteiger partial charge in [0.1, 0.15) is 5.54 Å². The number of thioether (sulfide) groups is 1. The van der Waals surface area contributed by atoms with Crippen LogP contribution in [0.25, 0.3) is 10.9 Å². The van der Waals surface area contributed by atoms with Crippen molar-refractivity contribution in [3.05, 3.63) is 69.5 Å². The molecule has 2 fully saturated rings. The smallest absolute Gasteiger partial charge is 0.344 e. The molecule has 2 aliphatic rings. The van der Waals surface area contributed by atoms with Gasteiger partial charge in [0.15, 0.2) is 5.16 Å². The Kier molecular flexibility index (Phi) is 6.93. The first kappa shape index (κ1) is 25.2. The van der Waals surface area contributed by atoms with E-state index in [0.29, 0.717) is 44.8 Å². The second kappa shape index (κ2) is 10.2. The Balaban J connectivity index is 1.34. The van der Waals surface area contributed by atoms with Gasteiger partial charge < -0.3 is 10.1 Å². The summed E-state index contributed by atoms with van der Waals surface area (Å²) < 4.78 is 7.21. The number of nitrogens with zero attached hydrogens (tertiary/aromatic N) is 3. The van der Waals surface area contributed by atoms with E-state index in [4.69, 9.17) is 16.3 Å². The van der Waals surface area contributed by atoms with Crippen LogP contribution in [-0.4, -0.2) is 50.9 Å². The summed E-state index contributed by atoms with van der Waals surface area (Å²) >= 11 is 7.13. The van der Waals surface area contributed by atoms with Crippen LogP contribution in [0.1, 0.15) is 25.3 Å². The highest BCUT2D eigenvalue weighted by Crippen LogP contribution is 2.28. The minimum absolute atomic E-state index is 0.126. The molecule has 37 heavy (non-hydrogen) atoms. The second-order valence-corrected chi connectivity index (χ2v) is 10.4. The first-order chi connectivity index (χ1) is 17.8. The van der Waals surface area contributed by atoms with E-state index in [9.17, 15) is 19.2 Å². The zero-order valence-electron chi connectivity index (χ0n) is 19.9. The average Bonchev–Trinajstić information content (AvgIpc) is 3.48. The number of carbonyl (C=O) groups excluding carboxylic acids is 3. The summed E-state index contributed by atoms with van der Waals surface area (Å²) in [6, 6.07) is 12.9. The molecule has 0 spiro atoms. The Bertz CT molecular complexity index is 1440. The molecule has 192 valence electrons. The molecule has 0 radical (unpaired) electrons. The molecule has 5 rings (SSSR count). The molecule has 2 aliphatic heterocycles. The molecule has 2 saturated heterocycles. The summed E-state index contributed by atoms with van der Waals surface area (Å²) in [7, 11) is 0. The largest absolute Gasteiger partial charge is 0.376 e. The van der Waals surface area contributed by atoms with Crippen LogP contribution in [0.3, 0.4) is 0 Å². The van der Waals surface area contributed by atoms with Crippen LogP contribution in [-0.2, 0) is 26.4 Å². The molecular formula is C25H24ClN5O5S. The molecule has 2 aromatic carbocycles. The molecule has 0 bridgehead atoms. The second-order valence-electron chi connectivity index (χ2n) is 8.99. The lowest BCUT2D eigenvalue weighted by Crippen LogP contribution is -2.48. The maximum atomic E-state index is 13.3. The third-order valence-electron chi connectivity index (χ3n) is 6.40. The maximum Gasteiger partial charge on any atom is 0.344 e. The third-order valence-corrected chi connectivity index (χ3v) is 7.61. The third kappa shape index (κ3) is 4.94. The van der Waals surface area contributed by atoms with Crippen molar-refractivity contribution in [1.29, 1.82) is 0 Å². The number of nitrogens with one attached hydrogen (secondary N) is 2. The number of hydrazine groups is 1. The molecule has 2 N–H and O–H groups in total. The Morgan fingerprint density at radius 2 is 2.03 bits per heavy atom. The molecule has 0 unspecified atom stereocenters. The fraction of sp³-hybridized carbons (Fsp3) is 0.320. The van der Waals surface area contributed by atoms with Gasteiger partial charge in [0.2, 0.25) is 5.91 Å². The van der Waals surface area contributed by atoms with E-state index < -0.39 is 23.4 Å². The maximum absolute atomic E-state index is 13.3. The molecule has 0 aliphatic carbocycles. The minimum Gasteiger partial charge on any atom is -0.376 e. The summed E-state index contributed by atoms with van der Waals surface area (Å²) in [5.74, 6) is -1.39. The fourth-order valence-electron chi connectivity index (χ4n) is 4.43. The number of hydrogen-bond acceptors (Lipinski definition) is 7. The standard InChI is InChI=1S/C25H24ClN5O5S/c1-25(15-6-3-2-4-7-15)22(34)31(23(35)28-25)29-20(32)14-37-24-27-19-12-16(26)9-10-18(19)21(33)30(24)13-17-8-5-11-36-17/h2-4,6-7,9-10,12,17H,5,8,11,13-14H2,1H3,(H,28,35)(H,29,32)/t17-,25+/m1/s1. The molecular weight excluding hydrogens is 518 g/mol. The van der Waals surface area contributed by atoms with Gasteiger partial charge >= 0.3 is 6.03 Å². The number of rotatable bonds is 7. The van der Waals surface area contributed by atoms with Crippen molar-refractivity contribution in [2.75, 3.05) is 12.4 Å². The fourth-order valence-corrected chi connectivity index (χ4v) is 5.40. The van der Waals surface area contributed by atoms with Gasteiger partial charge in [-0.15, -0.1) is 0 Å². The number of imide groups is 1. The number of carbonyl (C=O) groups is 3. The predicted octanol–water partition coefficient (Wildman–Crippen LogP) is 2.82. The van der Waals surface area contributed by atoms with Crippen molar-refractivity contribution in [3.8, 4) is 0 Å². The first-order valence-corrected chi connectivity index (χ1v) is 13.1. The van der Waals surface area contributed by atoms with Crippen LogP contribution in [0.4, 0.5) is 4.79 Å². The quantitative estimate of drug-likeness (QED) is 0.268. The van der Waals surface area contributed by atoms with Gasteiger partial charge in [-0.1, -0.05) is 53.7 Å². The highest BCUT2D eigenvalue weighted by atomic mass is 35.5. The molecule has 1 aromatic heterocycles. The average molecular weight is 542 g/mol. The van der Waals surface area contributed by atoms with Crippen molar-refractivity contribution in [2.45, 2.75) is 43.1 Å². The van der Waals surface area contributed by atoms with E-state index in [0.717, 1.165) is 24.6 Å².